The van der Waals surface area contributed by atoms with Crippen molar-refractivity contribution in [3.63, 3.8) is 0 Å². The summed E-state index contributed by atoms with van der Waals surface area (Å²) in [5.74, 6) is -2.07. The number of rotatable bonds is 5. The van der Waals surface area contributed by atoms with E-state index in [0.29, 0.717) is 12.4 Å². The highest BCUT2D eigenvalue weighted by molar-refractivity contribution is 6.03. The highest BCUT2D eigenvalue weighted by Gasteiger charge is 2.15. The van der Waals surface area contributed by atoms with Gasteiger partial charge in [-0.2, -0.15) is 0 Å². The molecule has 0 saturated carbocycles. The lowest BCUT2D eigenvalue weighted by Gasteiger charge is -2.09. The fourth-order valence-electron chi connectivity index (χ4n) is 2.07. The number of para-hydroxylation sites is 1. The van der Waals surface area contributed by atoms with E-state index >= 15 is 0 Å². The number of halogens is 2. The first-order valence-corrected chi connectivity index (χ1v) is 7.33. The Labute approximate surface area is 142 Å². The van der Waals surface area contributed by atoms with Crippen LogP contribution in [0.2, 0.25) is 0 Å². The summed E-state index contributed by atoms with van der Waals surface area (Å²) in [5.41, 5.74) is 0.392. The largest absolute Gasteiger partial charge is 0.366 e. The molecule has 126 valence electrons. The summed E-state index contributed by atoms with van der Waals surface area (Å²) in [6, 6.07) is 8.41. The van der Waals surface area contributed by atoms with E-state index in [-0.39, 0.29) is 5.69 Å². The molecule has 0 saturated heterocycles. The summed E-state index contributed by atoms with van der Waals surface area (Å²) in [7, 11) is 0. The Morgan fingerprint density at radius 3 is 2.60 bits per heavy atom. The van der Waals surface area contributed by atoms with Crippen molar-refractivity contribution >= 4 is 17.4 Å². The van der Waals surface area contributed by atoms with Crippen molar-refractivity contribution in [1.82, 2.24) is 15.0 Å². The Morgan fingerprint density at radius 2 is 1.88 bits per heavy atom. The van der Waals surface area contributed by atoms with E-state index in [1.54, 1.807) is 18.5 Å². The first-order valence-electron chi connectivity index (χ1n) is 7.33. The second-order valence-electron chi connectivity index (χ2n) is 5.05. The Morgan fingerprint density at radius 1 is 1.08 bits per heavy atom. The number of anilines is 2. The van der Waals surface area contributed by atoms with E-state index in [1.807, 2.05) is 6.07 Å². The predicted molar refractivity (Wildman–Crippen MR) is 87.9 cm³/mol. The number of aromatic nitrogens is 3. The molecular weight excluding hydrogens is 328 g/mol. The molecule has 0 aliphatic heterocycles. The number of hydrogen-bond donors (Lipinski definition) is 2. The van der Waals surface area contributed by atoms with Gasteiger partial charge in [0.25, 0.3) is 5.91 Å². The van der Waals surface area contributed by atoms with Crippen LogP contribution in [-0.2, 0) is 6.54 Å². The number of nitrogens with zero attached hydrogens (tertiary/aromatic N) is 3. The average molecular weight is 341 g/mol. The molecule has 2 heterocycles. The molecule has 25 heavy (non-hydrogen) atoms. The standard InChI is InChI=1S/C17H13F2N5O/c18-12-4-1-5-13(19)16(12)24-17(25)14-7-15(23-10-22-14)21-9-11-3-2-6-20-8-11/h1-8,10H,9H2,(H,24,25)(H,21,22,23). The fourth-order valence-corrected chi connectivity index (χ4v) is 2.07. The van der Waals surface area contributed by atoms with Crippen LogP contribution in [0.5, 0.6) is 0 Å². The minimum Gasteiger partial charge on any atom is -0.366 e. The van der Waals surface area contributed by atoms with Crippen LogP contribution in [-0.4, -0.2) is 20.9 Å². The molecule has 0 atom stereocenters. The molecular formula is C17H13F2N5O. The average Bonchev–Trinajstić information content (AvgIpc) is 2.64. The molecule has 8 heteroatoms. The number of nitrogens with one attached hydrogen (secondary N) is 2. The van der Waals surface area contributed by atoms with Crippen LogP contribution in [0, 0.1) is 11.6 Å². The molecule has 1 aromatic carbocycles. The Kier molecular flexibility index (Phi) is 4.89. The van der Waals surface area contributed by atoms with Gasteiger partial charge >= 0.3 is 0 Å². The number of carbonyl (C=O) groups excluding carboxylic acids is 1. The normalized spacial score (nSPS) is 10.3. The first-order chi connectivity index (χ1) is 12.1. The molecule has 6 nitrogen and oxygen atoms in total. The predicted octanol–water partition coefficient (Wildman–Crippen LogP) is 3.01. The third kappa shape index (κ3) is 4.11. The van der Waals surface area contributed by atoms with E-state index in [4.69, 9.17) is 0 Å². The molecule has 2 N–H and O–H groups in total. The molecule has 3 rings (SSSR count). The topological polar surface area (TPSA) is 79.8 Å². The van der Waals surface area contributed by atoms with Gasteiger partial charge in [-0.05, 0) is 23.8 Å². The quantitative estimate of drug-likeness (QED) is 0.746. The van der Waals surface area contributed by atoms with Gasteiger partial charge in [-0.3, -0.25) is 9.78 Å². The van der Waals surface area contributed by atoms with Gasteiger partial charge in [0.1, 0.15) is 35.2 Å². The third-order valence-electron chi connectivity index (χ3n) is 3.30. The van der Waals surface area contributed by atoms with Crippen molar-refractivity contribution in [3.05, 3.63) is 78.0 Å². The van der Waals surface area contributed by atoms with Gasteiger partial charge in [0.05, 0.1) is 0 Å². The molecule has 0 bridgehead atoms. The number of hydrogen-bond acceptors (Lipinski definition) is 5. The second-order valence-corrected chi connectivity index (χ2v) is 5.05. The number of amides is 1. The number of pyridine rings is 1. The number of benzene rings is 1. The van der Waals surface area contributed by atoms with Crippen LogP contribution in [0.1, 0.15) is 16.1 Å². The Balaban J connectivity index is 1.71. The molecule has 0 radical (unpaired) electrons. The SMILES string of the molecule is O=C(Nc1c(F)cccc1F)c1cc(NCc2cccnc2)ncn1. The van der Waals surface area contributed by atoms with Gasteiger partial charge < -0.3 is 10.6 Å². The maximum atomic E-state index is 13.6. The highest BCUT2D eigenvalue weighted by atomic mass is 19.1. The summed E-state index contributed by atoms with van der Waals surface area (Å²) in [6.45, 7) is 0.452. The van der Waals surface area contributed by atoms with Gasteiger partial charge in [-0.1, -0.05) is 12.1 Å². The zero-order chi connectivity index (χ0) is 17.6. The second kappa shape index (κ2) is 7.43. The lowest BCUT2D eigenvalue weighted by Crippen LogP contribution is -2.16. The molecule has 3 aromatic rings. The summed E-state index contributed by atoms with van der Waals surface area (Å²) >= 11 is 0. The lowest BCUT2D eigenvalue weighted by atomic mass is 10.2. The summed E-state index contributed by atoms with van der Waals surface area (Å²) in [5, 5.41) is 5.20. The molecule has 0 fully saturated rings. The molecule has 0 aliphatic carbocycles. The summed E-state index contributed by atoms with van der Waals surface area (Å²) < 4.78 is 27.2. The number of carbonyl (C=O) groups is 1. The van der Waals surface area contributed by atoms with Crippen LogP contribution < -0.4 is 10.6 Å². The monoisotopic (exact) mass is 341 g/mol. The minimum atomic E-state index is -0.864. The maximum Gasteiger partial charge on any atom is 0.274 e. The van der Waals surface area contributed by atoms with Crippen LogP contribution in [0.3, 0.4) is 0 Å². The highest BCUT2D eigenvalue weighted by Crippen LogP contribution is 2.19. The molecule has 0 spiro atoms. The lowest BCUT2D eigenvalue weighted by molar-refractivity contribution is 0.102. The Bertz CT molecular complexity index is 869. The molecule has 0 aliphatic rings. The minimum absolute atomic E-state index is 0.0219. The van der Waals surface area contributed by atoms with E-state index in [0.717, 1.165) is 17.7 Å². The van der Waals surface area contributed by atoms with E-state index in [1.165, 1.54) is 18.5 Å². The zero-order valence-electron chi connectivity index (χ0n) is 12.9. The zero-order valence-corrected chi connectivity index (χ0v) is 12.9. The van der Waals surface area contributed by atoms with Crippen molar-refractivity contribution in [2.75, 3.05) is 10.6 Å². The Hall–Kier alpha value is -3.42. The van der Waals surface area contributed by atoms with Crippen molar-refractivity contribution in [2.24, 2.45) is 0 Å². The molecule has 0 unspecified atom stereocenters. The van der Waals surface area contributed by atoms with Crippen LogP contribution in [0.25, 0.3) is 0 Å². The van der Waals surface area contributed by atoms with E-state index < -0.39 is 23.2 Å². The fraction of sp³-hybridized carbons (Fsp3) is 0.0588. The van der Waals surface area contributed by atoms with Crippen molar-refractivity contribution in [1.29, 1.82) is 0 Å². The van der Waals surface area contributed by atoms with E-state index in [2.05, 4.69) is 25.6 Å². The summed E-state index contributed by atoms with van der Waals surface area (Å²) in [4.78, 5) is 24.0. The first kappa shape index (κ1) is 16.4. The van der Waals surface area contributed by atoms with Crippen molar-refractivity contribution < 1.29 is 13.6 Å². The van der Waals surface area contributed by atoms with Crippen LogP contribution in [0.15, 0.2) is 55.1 Å². The van der Waals surface area contributed by atoms with Crippen molar-refractivity contribution in [3.8, 4) is 0 Å². The molecule has 2 aromatic heterocycles. The van der Waals surface area contributed by atoms with Gasteiger partial charge in [0.15, 0.2) is 0 Å². The van der Waals surface area contributed by atoms with Crippen LogP contribution >= 0.6 is 0 Å². The summed E-state index contributed by atoms with van der Waals surface area (Å²) in [6.07, 6.45) is 4.55. The van der Waals surface area contributed by atoms with Gasteiger partial charge in [-0.15, -0.1) is 0 Å². The van der Waals surface area contributed by atoms with Crippen molar-refractivity contribution in [2.45, 2.75) is 6.54 Å². The van der Waals surface area contributed by atoms with Crippen LogP contribution in [0.4, 0.5) is 20.3 Å². The maximum absolute atomic E-state index is 13.6. The van der Waals surface area contributed by atoms with E-state index in [9.17, 15) is 13.6 Å². The van der Waals surface area contributed by atoms with Gasteiger partial charge in [0.2, 0.25) is 0 Å². The molecule has 1 amide bonds. The third-order valence-corrected chi connectivity index (χ3v) is 3.30. The smallest absolute Gasteiger partial charge is 0.274 e. The van der Waals surface area contributed by atoms with Gasteiger partial charge in [0, 0.05) is 25.0 Å². The van der Waals surface area contributed by atoms with Gasteiger partial charge in [-0.25, -0.2) is 18.7 Å².